The highest BCUT2D eigenvalue weighted by Crippen LogP contribution is 2.36. The second kappa shape index (κ2) is 9.64. The standard InChI is InChI=1S/C21H19F3N4O5/c1-32-19-10-14(12-25)2-5-18(19)33-13-20(29)27-8-6-26(7-9-27)16-4-3-15(21(22,23)24)11-17(16)28(30)31/h2-5,10-11H,6-9,13H2,1H3. The number of methoxy groups -OCH3 is 1. The molecule has 0 N–H and O–H groups in total. The molecule has 0 bridgehead atoms. The lowest BCUT2D eigenvalue weighted by Gasteiger charge is -2.35. The van der Waals surface area contributed by atoms with E-state index in [2.05, 4.69) is 0 Å². The summed E-state index contributed by atoms with van der Waals surface area (Å²) in [5, 5.41) is 20.3. The number of ether oxygens (including phenoxy) is 2. The summed E-state index contributed by atoms with van der Waals surface area (Å²) < 4.78 is 49.4. The van der Waals surface area contributed by atoms with Crippen molar-refractivity contribution in [2.24, 2.45) is 0 Å². The van der Waals surface area contributed by atoms with Gasteiger partial charge in [0.1, 0.15) is 5.69 Å². The van der Waals surface area contributed by atoms with Crippen LogP contribution in [-0.4, -0.2) is 55.6 Å². The lowest BCUT2D eigenvalue weighted by molar-refractivity contribution is -0.384. The van der Waals surface area contributed by atoms with Crippen LogP contribution in [0.15, 0.2) is 36.4 Å². The molecule has 0 unspecified atom stereocenters. The number of amides is 1. The lowest BCUT2D eigenvalue weighted by Crippen LogP contribution is -2.50. The molecule has 2 aromatic carbocycles. The minimum Gasteiger partial charge on any atom is -0.493 e. The largest absolute Gasteiger partial charge is 0.493 e. The van der Waals surface area contributed by atoms with Gasteiger partial charge in [0, 0.05) is 38.3 Å². The topological polar surface area (TPSA) is 109 Å². The van der Waals surface area contributed by atoms with Gasteiger partial charge in [0.2, 0.25) is 0 Å². The number of nitro groups is 1. The van der Waals surface area contributed by atoms with Crippen molar-refractivity contribution in [3.05, 3.63) is 57.6 Å². The summed E-state index contributed by atoms with van der Waals surface area (Å²) in [6.45, 7) is 0.550. The third kappa shape index (κ3) is 5.43. The molecule has 0 saturated carbocycles. The van der Waals surface area contributed by atoms with Gasteiger partial charge >= 0.3 is 6.18 Å². The van der Waals surface area contributed by atoms with Crippen LogP contribution in [0.3, 0.4) is 0 Å². The summed E-state index contributed by atoms with van der Waals surface area (Å²) >= 11 is 0. The Morgan fingerprint density at radius 2 is 1.85 bits per heavy atom. The summed E-state index contributed by atoms with van der Waals surface area (Å²) in [4.78, 5) is 26.1. The minimum atomic E-state index is -4.69. The number of nitriles is 1. The van der Waals surface area contributed by atoms with Gasteiger partial charge in [-0.15, -0.1) is 0 Å². The molecule has 0 spiro atoms. The second-order valence-corrected chi connectivity index (χ2v) is 7.09. The number of alkyl halides is 3. The van der Waals surface area contributed by atoms with Crippen molar-refractivity contribution in [3.8, 4) is 17.6 Å². The Kier molecular flexibility index (Phi) is 6.91. The molecule has 1 saturated heterocycles. The normalized spacial score (nSPS) is 13.9. The second-order valence-electron chi connectivity index (χ2n) is 7.09. The molecule has 1 aliphatic rings. The summed E-state index contributed by atoms with van der Waals surface area (Å²) in [6, 6.07) is 8.90. The minimum absolute atomic E-state index is 0.0682. The summed E-state index contributed by atoms with van der Waals surface area (Å²) in [5.74, 6) is 0.271. The van der Waals surface area contributed by atoms with Gasteiger partial charge in [0.25, 0.3) is 11.6 Å². The molecular weight excluding hydrogens is 445 g/mol. The Labute approximate surface area is 186 Å². The first-order chi connectivity index (χ1) is 15.6. The third-order valence-corrected chi connectivity index (χ3v) is 5.12. The number of anilines is 1. The number of piperazine rings is 1. The van der Waals surface area contributed by atoms with Crippen LogP contribution >= 0.6 is 0 Å². The fourth-order valence-electron chi connectivity index (χ4n) is 3.40. The molecular formula is C21H19F3N4O5. The fourth-order valence-corrected chi connectivity index (χ4v) is 3.40. The SMILES string of the molecule is COc1cc(C#N)ccc1OCC(=O)N1CCN(c2ccc(C(F)(F)F)cc2[N+](=O)[O-])CC1. The van der Waals surface area contributed by atoms with Gasteiger partial charge in [0.05, 0.1) is 29.2 Å². The van der Waals surface area contributed by atoms with Gasteiger partial charge in [0.15, 0.2) is 18.1 Å². The smallest absolute Gasteiger partial charge is 0.416 e. The zero-order valence-corrected chi connectivity index (χ0v) is 17.5. The van der Waals surface area contributed by atoms with Crippen LogP contribution in [-0.2, 0) is 11.0 Å². The Hall–Kier alpha value is -4.01. The molecule has 1 fully saturated rings. The van der Waals surface area contributed by atoms with Crippen molar-refractivity contribution in [1.29, 1.82) is 5.26 Å². The van der Waals surface area contributed by atoms with Crippen LogP contribution in [0.5, 0.6) is 11.5 Å². The Morgan fingerprint density at radius 1 is 1.15 bits per heavy atom. The molecule has 33 heavy (non-hydrogen) atoms. The van der Waals surface area contributed by atoms with Crippen molar-refractivity contribution in [1.82, 2.24) is 4.90 Å². The molecule has 1 heterocycles. The summed E-state index contributed by atoms with van der Waals surface area (Å²) in [7, 11) is 1.41. The highest BCUT2D eigenvalue weighted by molar-refractivity contribution is 5.78. The molecule has 0 atom stereocenters. The Morgan fingerprint density at radius 3 is 2.42 bits per heavy atom. The third-order valence-electron chi connectivity index (χ3n) is 5.12. The van der Waals surface area contributed by atoms with Gasteiger partial charge in [-0.05, 0) is 24.3 Å². The van der Waals surface area contributed by atoms with Crippen LogP contribution < -0.4 is 14.4 Å². The molecule has 1 aliphatic heterocycles. The van der Waals surface area contributed by atoms with Gasteiger partial charge in [-0.1, -0.05) is 0 Å². The zero-order valence-electron chi connectivity index (χ0n) is 17.5. The van der Waals surface area contributed by atoms with Crippen molar-refractivity contribution >= 4 is 17.3 Å². The number of benzene rings is 2. The predicted molar refractivity (Wildman–Crippen MR) is 110 cm³/mol. The first-order valence-corrected chi connectivity index (χ1v) is 9.73. The molecule has 9 nitrogen and oxygen atoms in total. The molecule has 0 aliphatic carbocycles. The van der Waals surface area contributed by atoms with E-state index in [-0.39, 0.29) is 44.4 Å². The first-order valence-electron chi connectivity index (χ1n) is 9.73. The maximum Gasteiger partial charge on any atom is 0.416 e. The van der Waals surface area contributed by atoms with E-state index in [1.54, 1.807) is 4.90 Å². The van der Waals surface area contributed by atoms with Crippen LogP contribution in [0.2, 0.25) is 0 Å². The van der Waals surface area contributed by atoms with Gasteiger partial charge in [-0.25, -0.2) is 0 Å². The quantitative estimate of drug-likeness (QED) is 0.477. The van der Waals surface area contributed by atoms with Crippen molar-refractivity contribution in [2.45, 2.75) is 6.18 Å². The van der Waals surface area contributed by atoms with Crippen molar-refractivity contribution in [3.63, 3.8) is 0 Å². The molecule has 12 heteroatoms. The maximum atomic E-state index is 12.9. The molecule has 0 aromatic heterocycles. The summed E-state index contributed by atoms with van der Waals surface area (Å²) in [6.07, 6.45) is -4.69. The number of halogens is 3. The zero-order chi connectivity index (χ0) is 24.2. The molecule has 1 amide bonds. The highest BCUT2D eigenvalue weighted by Gasteiger charge is 2.34. The van der Waals surface area contributed by atoms with Crippen LogP contribution in [0.1, 0.15) is 11.1 Å². The number of nitrogens with zero attached hydrogens (tertiary/aromatic N) is 4. The monoisotopic (exact) mass is 464 g/mol. The van der Waals surface area contributed by atoms with E-state index in [0.717, 1.165) is 12.1 Å². The number of hydrogen-bond donors (Lipinski definition) is 0. The van der Waals surface area contributed by atoms with Crippen LogP contribution in [0, 0.1) is 21.4 Å². The number of rotatable bonds is 6. The average molecular weight is 464 g/mol. The fraction of sp³-hybridized carbons (Fsp3) is 0.333. The van der Waals surface area contributed by atoms with E-state index >= 15 is 0 Å². The molecule has 174 valence electrons. The molecule has 3 rings (SSSR count). The molecule has 2 aromatic rings. The predicted octanol–water partition coefficient (Wildman–Crippen LogP) is 3.22. The number of carbonyl (C=O) groups excluding carboxylic acids is 1. The number of hydrogen-bond acceptors (Lipinski definition) is 7. The van der Waals surface area contributed by atoms with E-state index in [4.69, 9.17) is 14.7 Å². The van der Waals surface area contributed by atoms with Crippen LogP contribution in [0.25, 0.3) is 0 Å². The lowest BCUT2D eigenvalue weighted by atomic mass is 10.1. The van der Waals surface area contributed by atoms with E-state index in [0.29, 0.717) is 23.1 Å². The van der Waals surface area contributed by atoms with Gasteiger partial charge < -0.3 is 19.3 Å². The van der Waals surface area contributed by atoms with Crippen molar-refractivity contribution < 1.29 is 32.4 Å². The van der Waals surface area contributed by atoms with E-state index in [9.17, 15) is 28.1 Å². The van der Waals surface area contributed by atoms with Crippen molar-refractivity contribution in [2.75, 3.05) is 44.8 Å². The van der Waals surface area contributed by atoms with Gasteiger partial charge in [-0.2, -0.15) is 18.4 Å². The summed E-state index contributed by atoms with van der Waals surface area (Å²) in [5.41, 5.74) is -1.29. The average Bonchev–Trinajstić information content (AvgIpc) is 2.81. The Bertz CT molecular complexity index is 1090. The molecule has 0 radical (unpaired) electrons. The van der Waals surface area contributed by atoms with Gasteiger partial charge in [-0.3, -0.25) is 14.9 Å². The van der Waals surface area contributed by atoms with Crippen LogP contribution in [0.4, 0.5) is 24.5 Å². The van der Waals surface area contributed by atoms with E-state index < -0.39 is 22.4 Å². The Balaban J connectivity index is 1.63. The highest BCUT2D eigenvalue weighted by atomic mass is 19.4. The first kappa shape index (κ1) is 23.6. The number of carbonyl (C=O) groups is 1. The van der Waals surface area contributed by atoms with E-state index in [1.807, 2.05) is 6.07 Å². The van der Waals surface area contributed by atoms with E-state index in [1.165, 1.54) is 30.2 Å². The maximum absolute atomic E-state index is 12.9. The number of nitro benzene ring substituents is 1.